The fourth-order valence-corrected chi connectivity index (χ4v) is 6.73. The number of carbonyl (C=O) groups excluding carboxylic acids is 2. The molecule has 6 rings (SSSR count). The maximum atomic E-state index is 13.5. The number of carbonyl (C=O) groups is 2. The van der Waals surface area contributed by atoms with Crippen molar-refractivity contribution in [3.8, 4) is 0 Å². The molecule has 0 aromatic carbocycles. The summed E-state index contributed by atoms with van der Waals surface area (Å²) in [5.41, 5.74) is -0.357. The van der Waals surface area contributed by atoms with Gasteiger partial charge in [-0.15, -0.1) is 0 Å². The number of rotatable bonds is 7. The summed E-state index contributed by atoms with van der Waals surface area (Å²) in [6.45, 7) is 2.73. The number of piperidine rings is 3. The van der Waals surface area contributed by atoms with Gasteiger partial charge in [0.15, 0.2) is 18.2 Å². The minimum atomic E-state index is -1.59. The molecule has 10 heteroatoms. The molecule has 2 N–H and O–H groups in total. The van der Waals surface area contributed by atoms with Gasteiger partial charge in [0.1, 0.15) is 12.9 Å². The van der Waals surface area contributed by atoms with Crippen molar-refractivity contribution in [3.63, 3.8) is 0 Å². The summed E-state index contributed by atoms with van der Waals surface area (Å²) in [5.74, 6) is -0.427. The molecule has 2 bridgehead atoms. The molecule has 0 radical (unpaired) electrons. The van der Waals surface area contributed by atoms with Gasteiger partial charge in [0.25, 0.3) is 5.91 Å². The lowest BCUT2D eigenvalue weighted by Gasteiger charge is -2.51. The van der Waals surface area contributed by atoms with E-state index in [1.54, 1.807) is 12.4 Å². The lowest BCUT2D eigenvalue weighted by atomic mass is 9.80. The van der Waals surface area contributed by atoms with E-state index in [0.29, 0.717) is 28.8 Å². The zero-order valence-corrected chi connectivity index (χ0v) is 21.5. The Kier molecular flexibility index (Phi) is 7.71. The number of esters is 1. The lowest BCUT2D eigenvalue weighted by molar-refractivity contribution is -0.939. The predicted octanol–water partition coefficient (Wildman–Crippen LogP) is -0.289. The largest absolute Gasteiger partial charge is 1.00 e. The maximum absolute atomic E-state index is 13.5. The van der Waals surface area contributed by atoms with Crippen LogP contribution in [0.15, 0.2) is 35.5 Å². The first-order valence-corrected chi connectivity index (χ1v) is 12.8. The number of anilines is 1. The number of fused-ring (bicyclic) bond motifs is 3. The van der Waals surface area contributed by atoms with Crippen molar-refractivity contribution < 1.29 is 40.9 Å². The minimum Gasteiger partial charge on any atom is -1.00 e. The summed E-state index contributed by atoms with van der Waals surface area (Å²) in [4.78, 5) is 34.1. The van der Waals surface area contributed by atoms with Crippen LogP contribution >= 0.6 is 11.3 Å². The van der Waals surface area contributed by atoms with Crippen LogP contribution in [-0.2, 0) is 19.9 Å². The number of quaternary nitrogens is 1. The molecule has 4 aliphatic rings. The van der Waals surface area contributed by atoms with Gasteiger partial charge in [0, 0.05) is 30.2 Å². The molecule has 4 fully saturated rings. The van der Waals surface area contributed by atoms with Crippen LogP contribution in [0.4, 0.5) is 5.69 Å². The van der Waals surface area contributed by atoms with Crippen molar-refractivity contribution in [3.05, 3.63) is 41.1 Å². The Bertz CT molecular complexity index is 978. The number of amides is 1. The van der Waals surface area contributed by atoms with Crippen LogP contribution in [0.3, 0.4) is 0 Å². The molecular weight excluding hydrogens is 520 g/mol. The number of nitrogens with one attached hydrogen (secondary N) is 1. The highest BCUT2D eigenvalue weighted by Crippen LogP contribution is 2.43. The number of ether oxygens (including phenoxy) is 1. The molecule has 34 heavy (non-hydrogen) atoms. The zero-order chi connectivity index (χ0) is 22.9. The first-order valence-electron chi connectivity index (χ1n) is 11.8. The first-order chi connectivity index (χ1) is 16.0. The number of thiophene rings is 1. The second kappa shape index (κ2) is 10.4. The molecule has 1 unspecified atom stereocenters. The van der Waals surface area contributed by atoms with Crippen LogP contribution in [-0.4, -0.2) is 63.7 Å². The Balaban J connectivity index is 0.00000274. The fraction of sp³-hybridized carbons (Fsp3) is 0.583. The van der Waals surface area contributed by atoms with Crippen molar-refractivity contribution in [2.24, 2.45) is 11.8 Å². The summed E-state index contributed by atoms with van der Waals surface area (Å²) in [6.07, 6.45) is 9.85. The molecule has 1 saturated carbocycles. The van der Waals surface area contributed by atoms with Crippen molar-refractivity contribution in [1.82, 2.24) is 9.97 Å². The quantitative estimate of drug-likeness (QED) is 0.363. The summed E-state index contributed by atoms with van der Waals surface area (Å²) >= 11 is 1.48. The van der Waals surface area contributed by atoms with Crippen LogP contribution in [0.5, 0.6) is 0 Å². The maximum Gasteiger partial charge on any atom is 0.343 e. The van der Waals surface area contributed by atoms with Crippen molar-refractivity contribution in [1.29, 1.82) is 0 Å². The highest BCUT2D eigenvalue weighted by Gasteiger charge is 2.53. The Morgan fingerprint density at radius 3 is 2.53 bits per heavy atom. The molecule has 8 nitrogen and oxygen atoms in total. The highest BCUT2D eigenvalue weighted by molar-refractivity contribution is 7.08. The first kappa shape index (κ1) is 25.2. The smallest absolute Gasteiger partial charge is 0.343 e. The van der Waals surface area contributed by atoms with Crippen LogP contribution in [0.1, 0.15) is 44.1 Å². The fourth-order valence-electron chi connectivity index (χ4n) is 6.02. The van der Waals surface area contributed by atoms with E-state index < -0.39 is 11.6 Å². The number of aliphatic hydroxyl groups is 1. The second-order valence-electron chi connectivity index (χ2n) is 9.85. The van der Waals surface area contributed by atoms with Gasteiger partial charge in [0.2, 0.25) is 0 Å². The van der Waals surface area contributed by atoms with Gasteiger partial charge in [-0.05, 0) is 29.7 Å². The summed E-state index contributed by atoms with van der Waals surface area (Å²) < 4.78 is 6.71. The molecule has 3 saturated heterocycles. The average Bonchev–Trinajstić information content (AvgIpc) is 3.54. The summed E-state index contributed by atoms with van der Waals surface area (Å²) in [7, 11) is 0. The third kappa shape index (κ3) is 4.91. The molecule has 2 aromatic heterocycles. The van der Waals surface area contributed by atoms with Crippen molar-refractivity contribution in [2.75, 3.05) is 31.5 Å². The highest BCUT2D eigenvalue weighted by atomic mass is 79.9. The molecule has 184 valence electrons. The van der Waals surface area contributed by atoms with E-state index in [1.807, 2.05) is 16.8 Å². The summed E-state index contributed by atoms with van der Waals surface area (Å²) in [5, 5.41) is 18.3. The van der Waals surface area contributed by atoms with Gasteiger partial charge in [-0.3, -0.25) is 4.79 Å². The Morgan fingerprint density at radius 2 is 1.88 bits per heavy atom. The van der Waals surface area contributed by atoms with E-state index in [9.17, 15) is 14.7 Å². The lowest BCUT2D eigenvalue weighted by Crippen LogP contribution is -3.00. The third-order valence-corrected chi connectivity index (χ3v) is 8.52. The topological polar surface area (TPSA) is 101 Å². The predicted molar refractivity (Wildman–Crippen MR) is 123 cm³/mol. The number of hydrogen-bond acceptors (Lipinski definition) is 7. The van der Waals surface area contributed by atoms with E-state index in [-0.39, 0.29) is 40.8 Å². The van der Waals surface area contributed by atoms with E-state index in [4.69, 9.17) is 4.74 Å². The van der Waals surface area contributed by atoms with Crippen LogP contribution < -0.4 is 22.3 Å². The standard InChI is InChI=1S/C24H30N4O4S.BrH/c29-22(27-20-11-25-16-26-12-20)14-28-8-5-17(6-9-28)21(13-28)32-23(30)24(31,18-3-1-2-4-18)19-7-10-33-15-19;/h7,10-12,15-18,21,31H,1-6,8-9,13-14H2;1H/t17?,21-,24?,28?;/m0./s1. The normalized spacial score (nSPS) is 28.0. The molecule has 2 atom stereocenters. The van der Waals surface area contributed by atoms with E-state index in [1.165, 1.54) is 17.7 Å². The SMILES string of the molecule is O=C(C[N+]12CCC(CC1)[C@@H](OC(=O)C(O)(c1ccsc1)C1CCCC1)C2)Nc1cncnc1.[Br-]. The number of nitrogens with zero attached hydrogens (tertiary/aromatic N) is 3. The van der Waals surface area contributed by atoms with Crippen LogP contribution in [0, 0.1) is 11.8 Å². The monoisotopic (exact) mass is 550 g/mol. The van der Waals surface area contributed by atoms with Gasteiger partial charge in [-0.25, -0.2) is 14.8 Å². The van der Waals surface area contributed by atoms with Gasteiger partial charge in [0.05, 0.1) is 31.2 Å². The minimum absolute atomic E-state index is 0. The summed E-state index contributed by atoms with van der Waals surface area (Å²) in [6, 6.07) is 1.84. The van der Waals surface area contributed by atoms with Crippen molar-refractivity contribution >= 4 is 28.9 Å². The van der Waals surface area contributed by atoms with E-state index in [0.717, 1.165) is 51.6 Å². The molecule has 1 amide bonds. The zero-order valence-electron chi connectivity index (χ0n) is 19.1. The van der Waals surface area contributed by atoms with E-state index >= 15 is 0 Å². The number of aromatic nitrogens is 2. The van der Waals surface area contributed by atoms with Gasteiger partial charge in [-0.1, -0.05) is 12.8 Å². The number of hydrogen-bond donors (Lipinski definition) is 2. The Labute approximate surface area is 214 Å². The van der Waals surface area contributed by atoms with Gasteiger partial charge < -0.3 is 36.6 Å². The average molecular weight is 552 g/mol. The van der Waals surface area contributed by atoms with E-state index in [2.05, 4.69) is 15.3 Å². The molecule has 2 aromatic rings. The molecular formula is C24H31BrN4O4S. The van der Waals surface area contributed by atoms with Crippen LogP contribution in [0.2, 0.25) is 0 Å². The van der Waals surface area contributed by atoms with Gasteiger partial charge >= 0.3 is 5.97 Å². The third-order valence-electron chi connectivity index (χ3n) is 7.84. The van der Waals surface area contributed by atoms with Crippen LogP contribution in [0.25, 0.3) is 0 Å². The van der Waals surface area contributed by atoms with Gasteiger partial charge in [-0.2, -0.15) is 11.3 Å². The van der Waals surface area contributed by atoms with Crippen molar-refractivity contribution in [2.45, 2.75) is 50.2 Å². The Morgan fingerprint density at radius 1 is 1.18 bits per heavy atom. The number of halogens is 1. The molecule has 3 aliphatic heterocycles. The Hall–Kier alpha value is -1.88. The molecule has 0 spiro atoms. The second-order valence-corrected chi connectivity index (χ2v) is 10.6. The molecule has 5 heterocycles. The molecule has 1 aliphatic carbocycles.